The molecule has 0 radical (unpaired) electrons. The molecule has 0 saturated carbocycles. The molecule has 1 atom stereocenters. The highest BCUT2D eigenvalue weighted by Gasteiger charge is 2.21. The van der Waals surface area contributed by atoms with Crippen molar-refractivity contribution in [2.24, 2.45) is 0 Å². The molecule has 0 aliphatic carbocycles. The van der Waals surface area contributed by atoms with Crippen LogP contribution in [0.1, 0.15) is 18.5 Å². The summed E-state index contributed by atoms with van der Waals surface area (Å²) in [7, 11) is 0. The van der Waals surface area contributed by atoms with Crippen molar-refractivity contribution in [3.05, 3.63) is 29.8 Å². The first-order valence-corrected chi connectivity index (χ1v) is 6.63. The summed E-state index contributed by atoms with van der Waals surface area (Å²) in [6.45, 7) is 6.78. The third kappa shape index (κ3) is 4.35. The van der Waals surface area contributed by atoms with Crippen molar-refractivity contribution in [2.45, 2.75) is 13.0 Å². The molecule has 0 aromatic heterocycles. The molecular weight excluding hydrogens is 264 g/mol. The van der Waals surface area contributed by atoms with E-state index in [-0.39, 0.29) is 25.1 Å². The maximum absolute atomic E-state index is 9.61. The molecule has 108 valence electrons. The molecule has 0 spiro atoms. The summed E-state index contributed by atoms with van der Waals surface area (Å²) in [4.78, 5) is 2.33. The topological polar surface area (TPSA) is 44.7 Å². The third-order valence-electron chi connectivity index (χ3n) is 3.34. The van der Waals surface area contributed by atoms with E-state index in [1.54, 1.807) is 0 Å². The smallest absolute Gasteiger partial charge is 0.119 e. The van der Waals surface area contributed by atoms with Gasteiger partial charge in [0, 0.05) is 26.2 Å². The van der Waals surface area contributed by atoms with E-state index in [2.05, 4.69) is 10.2 Å². The van der Waals surface area contributed by atoms with Gasteiger partial charge in [-0.15, -0.1) is 12.4 Å². The monoisotopic (exact) mass is 286 g/mol. The van der Waals surface area contributed by atoms with Gasteiger partial charge in [-0.25, -0.2) is 0 Å². The zero-order chi connectivity index (χ0) is 12.8. The fourth-order valence-corrected chi connectivity index (χ4v) is 2.38. The fraction of sp³-hybridized carbons (Fsp3) is 0.571. The molecule has 5 heteroatoms. The van der Waals surface area contributed by atoms with Gasteiger partial charge in [0.1, 0.15) is 5.75 Å². The standard InChI is InChI=1S/C14H22N2O2.ClH/c1-2-18-13-5-3-12(4-6-13)14(11-17)16-9-7-15-8-10-16;/h3-6,14-15,17H,2,7-11H2,1H3;1H/t14-;/m1./s1. The first-order chi connectivity index (χ1) is 8.85. The van der Waals surface area contributed by atoms with Gasteiger partial charge in [-0.2, -0.15) is 0 Å². The SMILES string of the molecule is CCOc1ccc([C@@H](CO)N2CCNCC2)cc1.Cl. The number of aliphatic hydroxyl groups is 1. The lowest BCUT2D eigenvalue weighted by Gasteiger charge is -2.34. The number of nitrogens with one attached hydrogen (secondary N) is 1. The van der Waals surface area contributed by atoms with Crippen LogP contribution in [0.25, 0.3) is 0 Å². The molecular formula is C14H23ClN2O2. The molecule has 1 aromatic carbocycles. The molecule has 2 rings (SSSR count). The molecule has 1 saturated heterocycles. The Morgan fingerprint density at radius 3 is 2.42 bits per heavy atom. The first-order valence-electron chi connectivity index (χ1n) is 6.63. The fourth-order valence-electron chi connectivity index (χ4n) is 2.38. The number of nitrogens with zero attached hydrogens (tertiary/aromatic N) is 1. The summed E-state index contributed by atoms with van der Waals surface area (Å²) in [5, 5.41) is 12.9. The van der Waals surface area contributed by atoms with Crippen molar-refractivity contribution < 1.29 is 9.84 Å². The van der Waals surface area contributed by atoms with Gasteiger partial charge in [0.2, 0.25) is 0 Å². The van der Waals surface area contributed by atoms with Crippen LogP contribution in [-0.2, 0) is 0 Å². The van der Waals surface area contributed by atoms with E-state index in [1.807, 2.05) is 31.2 Å². The molecule has 1 aliphatic heterocycles. The maximum Gasteiger partial charge on any atom is 0.119 e. The van der Waals surface area contributed by atoms with Crippen LogP contribution in [0.2, 0.25) is 0 Å². The van der Waals surface area contributed by atoms with Crippen molar-refractivity contribution in [2.75, 3.05) is 39.4 Å². The van der Waals surface area contributed by atoms with E-state index in [9.17, 15) is 5.11 Å². The van der Waals surface area contributed by atoms with Crippen LogP contribution in [0, 0.1) is 0 Å². The largest absolute Gasteiger partial charge is 0.494 e. The number of halogens is 1. The van der Waals surface area contributed by atoms with Gasteiger partial charge in [-0.3, -0.25) is 4.90 Å². The van der Waals surface area contributed by atoms with Gasteiger partial charge in [-0.05, 0) is 24.6 Å². The predicted molar refractivity (Wildman–Crippen MR) is 79.1 cm³/mol. The van der Waals surface area contributed by atoms with Crippen LogP contribution < -0.4 is 10.1 Å². The maximum atomic E-state index is 9.61. The minimum atomic E-state index is 0. The average Bonchev–Trinajstić information content (AvgIpc) is 2.43. The van der Waals surface area contributed by atoms with Gasteiger partial charge < -0.3 is 15.2 Å². The van der Waals surface area contributed by atoms with E-state index in [0.717, 1.165) is 37.5 Å². The molecule has 1 aliphatic rings. The Kier molecular flexibility index (Phi) is 7.16. The van der Waals surface area contributed by atoms with Gasteiger partial charge >= 0.3 is 0 Å². The lowest BCUT2D eigenvalue weighted by molar-refractivity contribution is 0.111. The van der Waals surface area contributed by atoms with Gasteiger partial charge in [0.15, 0.2) is 0 Å². The second-order valence-corrected chi connectivity index (χ2v) is 4.49. The number of benzene rings is 1. The third-order valence-corrected chi connectivity index (χ3v) is 3.34. The molecule has 2 N–H and O–H groups in total. The number of piperazine rings is 1. The molecule has 1 heterocycles. The summed E-state index contributed by atoms with van der Waals surface area (Å²) in [5.74, 6) is 0.887. The van der Waals surface area contributed by atoms with Crippen LogP contribution in [-0.4, -0.2) is 49.4 Å². The molecule has 19 heavy (non-hydrogen) atoms. The van der Waals surface area contributed by atoms with E-state index in [0.29, 0.717) is 6.61 Å². The Balaban J connectivity index is 0.00000180. The average molecular weight is 287 g/mol. The number of rotatable bonds is 5. The van der Waals surface area contributed by atoms with Crippen LogP contribution in [0.15, 0.2) is 24.3 Å². The minimum absolute atomic E-state index is 0. The Bertz CT molecular complexity index is 353. The molecule has 4 nitrogen and oxygen atoms in total. The number of aliphatic hydroxyl groups excluding tert-OH is 1. The minimum Gasteiger partial charge on any atom is -0.494 e. The zero-order valence-electron chi connectivity index (χ0n) is 11.3. The lowest BCUT2D eigenvalue weighted by atomic mass is 10.1. The predicted octanol–water partition coefficient (Wildman–Crippen LogP) is 1.45. The summed E-state index contributed by atoms with van der Waals surface area (Å²) >= 11 is 0. The Morgan fingerprint density at radius 1 is 1.26 bits per heavy atom. The van der Waals surface area contributed by atoms with E-state index in [4.69, 9.17) is 4.74 Å². The number of hydrogen-bond donors (Lipinski definition) is 2. The summed E-state index contributed by atoms with van der Waals surface area (Å²) in [6, 6.07) is 8.15. The number of ether oxygens (including phenoxy) is 1. The van der Waals surface area contributed by atoms with E-state index in [1.165, 1.54) is 0 Å². The summed E-state index contributed by atoms with van der Waals surface area (Å²) in [5.41, 5.74) is 1.16. The van der Waals surface area contributed by atoms with E-state index >= 15 is 0 Å². The quantitative estimate of drug-likeness (QED) is 0.860. The highest BCUT2D eigenvalue weighted by atomic mass is 35.5. The van der Waals surface area contributed by atoms with Crippen LogP contribution in [0.3, 0.4) is 0 Å². The zero-order valence-corrected chi connectivity index (χ0v) is 12.2. The van der Waals surface area contributed by atoms with Gasteiger partial charge in [0.05, 0.1) is 19.3 Å². The van der Waals surface area contributed by atoms with Gasteiger partial charge in [0.25, 0.3) is 0 Å². The molecule has 0 bridgehead atoms. The summed E-state index contributed by atoms with van der Waals surface area (Å²) in [6.07, 6.45) is 0. The second kappa shape index (κ2) is 8.38. The second-order valence-electron chi connectivity index (χ2n) is 4.49. The normalized spacial score (nSPS) is 17.6. The Hall–Kier alpha value is -0.810. The van der Waals surface area contributed by atoms with Crippen molar-refractivity contribution in [1.29, 1.82) is 0 Å². The van der Waals surface area contributed by atoms with Crippen LogP contribution in [0.4, 0.5) is 0 Å². The molecule has 0 unspecified atom stereocenters. The van der Waals surface area contributed by atoms with Crippen molar-refractivity contribution in [1.82, 2.24) is 10.2 Å². The molecule has 1 aromatic rings. The number of hydrogen-bond acceptors (Lipinski definition) is 4. The van der Waals surface area contributed by atoms with Crippen LogP contribution >= 0.6 is 12.4 Å². The highest BCUT2D eigenvalue weighted by Crippen LogP contribution is 2.23. The Labute approximate surface area is 121 Å². The molecule has 1 fully saturated rings. The summed E-state index contributed by atoms with van der Waals surface area (Å²) < 4.78 is 5.43. The van der Waals surface area contributed by atoms with Crippen molar-refractivity contribution in [3.8, 4) is 5.75 Å². The first kappa shape index (κ1) is 16.2. The molecule has 0 amide bonds. The van der Waals surface area contributed by atoms with Crippen molar-refractivity contribution >= 4 is 12.4 Å². The lowest BCUT2D eigenvalue weighted by Crippen LogP contribution is -2.46. The van der Waals surface area contributed by atoms with E-state index < -0.39 is 0 Å². The Morgan fingerprint density at radius 2 is 1.89 bits per heavy atom. The van der Waals surface area contributed by atoms with Gasteiger partial charge in [-0.1, -0.05) is 12.1 Å². The van der Waals surface area contributed by atoms with Crippen molar-refractivity contribution in [3.63, 3.8) is 0 Å². The van der Waals surface area contributed by atoms with Crippen LogP contribution in [0.5, 0.6) is 5.75 Å². The highest BCUT2D eigenvalue weighted by molar-refractivity contribution is 5.85.